The van der Waals surface area contributed by atoms with E-state index in [4.69, 9.17) is 29.2 Å². The number of carbonyl (C=O) groups excluding carboxylic acids is 1. The summed E-state index contributed by atoms with van der Waals surface area (Å²) in [6, 6.07) is 5.05. The lowest BCUT2D eigenvalue weighted by molar-refractivity contribution is -0.303. The van der Waals surface area contributed by atoms with Gasteiger partial charge in [0.05, 0.1) is 24.5 Å². The fraction of sp³-hybridized carbons (Fsp3) is 0.619. The summed E-state index contributed by atoms with van der Waals surface area (Å²) in [6.45, 7) is 8.64. The van der Waals surface area contributed by atoms with E-state index >= 15 is 0 Å². The summed E-state index contributed by atoms with van der Waals surface area (Å²) in [5.41, 5.74) is 1.38. The summed E-state index contributed by atoms with van der Waals surface area (Å²) in [7, 11) is 1.65. The van der Waals surface area contributed by atoms with Crippen LogP contribution in [0.3, 0.4) is 0 Å². The van der Waals surface area contributed by atoms with Crippen molar-refractivity contribution in [2.24, 2.45) is 5.92 Å². The SMILES string of the molecule is CC.CC=O.CNc1cc(COC(C)C)ccc1OC(OC(O)O)C(C(=O)O)C(C)O. The van der Waals surface area contributed by atoms with Crippen molar-refractivity contribution in [3.05, 3.63) is 23.8 Å². The first-order valence-electron chi connectivity index (χ1n) is 9.98. The highest BCUT2D eigenvalue weighted by molar-refractivity contribution is 5.71. The lowest BCUT2D eigenvalue weighted by atomic mass is 10.0. The maximum absolute atomic E-state index is 11.4. The normalized spacial score (nSPS) is 13.2. The molecule has 10 heteroatoms. The number of rotatable bonds is 11. The van der Waals surface area contributed by atoms with Gasteiger partial charge >= 0.3 is 5.97 Å². The molecule has 0 aromatic heterocycles. The van der Waals surface area contributed by atoms with E-state index in [1.165, 1.54) is 13.8 Å². The molecule has 0 bridgehead atoms. The van der Waals surface area contributed by atoms with E-state index in [2.05, 4.69) is 5.32 Å². The van der Waals surface area contributed by atoms with E-state index in [0.717, 1.165) is 11.8 Å². The van der Waals surface area contributed by atoms with Crippen molar-refractivity contribution < 1.29 is 44.2 Å². The van der Waals surface area contributed by atoms with E-state index in [0.29, 0.717) is 12.3 Å². The number of nitrogens with one attached hydrogen (secondary N) is 1. The molecule has 0 spiro atoms. The van der Waals surface area contributed by atoms with Crippen LogP contribution in [0.25, 0.3) is 0 Å². The Kier molecular flexibility index (Phi) is 17.4. The third kappa shape index (κ3) is 12.9. The zero-order valence-corrected chi connectivity index (χ0v) is 19.2. The molecule has 180 valence electrons. The Morgan fingerprint density at radius 3 is 2.10 bits per heavy atom. The molecule has 0 saturated carbocycles. The molecule has 0 aliphatic rings. The maximum Gasteiger partial charge on any atom is 0.315 e. The highest BCUT2D eigenvalue weighted by Gasteiger charge is 2.37. The predicted octanol–water partition coefficient (Wildman–Crippen LogP) is 1.96. The van der Waals surface area contributed by atoms with Crippen LogP contribution in [0.15, 0.2) is 18.2 Å². The van der Waals surface area contributed by atoms with Crippen molar-refractivity contribution in [3.8, 4) is 5.75 Å². The van der Waals surface area contributed by atoms with Gasteiger partial charge in [0.25, 0.3) is 6.48 Å². The highest BCUT2D eigenvalue weighted by atomic mass is 16.8. The summed E-state index contributed by atoms with van der Waals surface area (Å²) in [6.07, 6.45) is -2.17. The van der Waals surface area contributed by atoms with Gasteiger partial charge < -0.3 is 40.0 Å². The molecule has 0 radical (unpaired) electrons. The van der Waals surface area contributed by atoms with Gasteiger partial charge in [0.2, 0.25) is 6.29 Å². The number of carbonyl (C=O) groups is 2. The molecule has 0 fully saturated rings. The number of benzene rings is 1. The Labute approximate surface area is 183 Å². The van der Waals surface area contributed by atoms with Crippen LogP contribution in [-0.2, 0) is 25.7 Å². The van der Waals surface area contributed by atoms with Gasteiger partial charge in [0, 0.05) is 7.05 Å². The van der Waals surface area contributed by atoms with Crippen LogP contribution >= 0.6 is 0 Å². The zero-order valence-electron chi connectivity index (χ0n) is 19.2. The van der Waals surface area contributed by atoms with Crippen LogP contribution in [-0.4, -0.2) is 64.7 Å². The van der Waals surface area contributed by atoms with Crippen molar-refractivity contribution in [2.75, 3.05) is 12.4 Å². The van der Waals surface area contributed by atoms with Crippen molar-refractivity contribution in [1.29, 1.82) is 0 Å². The van der Waals surface area contributed by atoms with Crippen LogP contribution in [0.5, 0.6) is 5.75 Å². The second kappa shape index (κ2) is 17.4. The molecule has 1 rings (SSSR count). The highest BCUT2D eigenvalue weighted by Crippen LogP contribution is 2.29. The fourth-order valence-corrected chi connectivity index (χ4v) is 2.21. The first kappa shape index (κ1) is 30.9. The Hall–Kier alpha value is -2.24. The molecule has 1 aromatic carbocycles. The number of aliphatic hydroxyl groups excluding tert-OH is 2. The van der Waals surface area contributed by atoms with Gasteiger partial charge in [-0.3, -0.25) is 9.53 Å². The molecule has 0 heterocycles. The molecular formula is C21H37NO9. The maximum atomic E-state index is 11.4. The first-order chi connectivity index (χ1) is 14.6. The van der Waals surface area contributed by atoms with Crippen LogP contribution in [0.1, 0.15) is 47.1 Å². The number of hydrogen-bond donors (Lipinski definition) is 5. The minimum atomic E-state index is -2.27. The Balaban J connectivity index is 0. The molecule has 0 amide bonds. The average molecular weight is 448 g/mol. The summed E-state index contributed by atoms with van der Waals surface area (Å²) in [5.74, 6) is -2.72. The molecule has 5 N–H and O–H groups in total. The lowest BCUT2D eigenvalue weighted by Gasteiger charge is -2.28. The van der Waals surface area contributed by atoms with Crippen molar-refractivity contribution in [1.82, 2.24) is 0 Å². The number of carboxylic acid groups (broad SMARTS) is 1. The lowest BCUT2D eigenvalue weighted by Crippen LogP contribution is -2.43. The molecule has 3 atom stereocenters. The molecule has 3 unspecified atom stereocenters. The number of anilines is 1. The zero-order chi connectivity index (χ0) is 24.6. The minimum Gasteiger partial charge on any atom is -0.481 e. The second-order valence-electron chi connectivity index (χ2n) is 6.23. The molecule has 0 saturated heterocycles. The van der Waals surface area contributed by atoms with E-state index in [1.54, 1.807) is 25.2 Å². The Morgan fingerprint density at radius 1 is 1.16 bits per heavy atom. The molecule has 0 aliphatic heterocycles. The van der Waals surface area contributed by atoms with E-state index < -0.39 is 30.8 Å². The van der Waals surface area contributed by atoms with E-state index in [9.17, 15) is 15.0 Å². The largest absolute Gasteiger partial charge is 0.481 e. The average Bonchev–Trinajstić information content (AvgIpc) is 2.68. The number of carboxylic acids is 1. The Morgan fingerprint density at radius 2 is 1.71 bits per heavy atom. The molecule has 0 aliphatic carbocycles. The number of hydrogen-bond acceptors (Lipinski definition) is 9. The molecule has 10 nitrogen and oxygen atoms in total. The number of aldehydes is 1. The first-order valence-corrected chi connectivity index (χ1v) is 9.98. The van der Waals surface area contributed by atoms with Crippen LogP contribution < -0.4 is 10.1 Å². The Bertz CT molecular complexity index is 621. The summed E-state index contributed by atoms with van der Waals surface area (Å²) >= 11 is 0. The van der Waals surface area contributed by atoms with Gasteiger partial charge in [-0.15, -0.1) is 0 Å². The standard InChI is InChI=1S/C17H27NO8.C2H4O.C2H6/c1-9(2)24-8-11-5-6-13(12(7-11)18-4)25-16(26-17(22)23)14(10(3)19)15(20)21;1-2-3;1-2/h5-7,9-10,14,16-19,22-23H,8H2,1-4H3,(H,20,21);2H,1H3;1-2H3. The van der Waals surface area contributed by atoms with Crippen molar-refractivity contribution >= 4 is 17.9 Å². The summed E-state index contributed by atoms with van der Waals surface area (Å²) in [4.78, 5) is 20.2. The monoisotopic (exact) mass is 447 g/mol. The van der Waals surface area contributed by atoms with Crippen LogP contribution in [0.4, 0.5) is 5.69 Å². The van der Waals surface area contributed by atoms with E-state index in [1.807, 2.05) is 27.7 Å². The minimum absolute atomic E-state index is 0.0650. The smallest absolute Gasteiger partial charge is 0.315 e. The second-order valence-corrected chi connectivity index (χ2v) is 6.23. The third-order valence-electron chi connectivity index (χ3n) is 3.49. The van der Waals surface area contributed by atoms with Gasteiger partial charge in [-0.05, 0) is 45.4 Å². The summed E-state index contributed by atoms with van der Waals surface area (Å²) < 4.78 is 15.8. The predicted molar refractivity (Wildman–Crippen MR) is 116 cm³/mol. The topological polar surface area (TPSA) is 155 Å². The summed E-state index contributed by atoms with van der Waals surface area (Å²) in [5, 5.41) is 40.0. The quantitative estimate of drug-likeness (QED) is 0.251. The van der Waals surface area contributed by atoms with E-state index in [-0.39, 0.29) is 11.9 Å². The third-order valence-corrected chi connectivity index (χ3v) is 3.49. The molecular weight excluding hydrogens is 410 g/mol. The van der Waals surface area contributed by atoms with Gasteiger partial charge in [-0.1, -0.05) is 19.9 Å². The van der Waals surface area contributed by atoms with Crippen molar-refractivity contribution in [2.45, 2.75) is 73.1 Å². The molecule has 1 aromatic rings. The number of ether oxygens (including phenoxy) is 3. The van der Waals surface area contributed by atoms with Crippen LogP contribution in [0, 0.1) is 5.92 Å². The van der Waals surface area contributed by atoms with Crippen molar-refractivity contribution in [3.63, 3.8) is 0 Å². The molecule has 31 heavy (non-hydrogen) atoms. The van der Waals surface area contributed by atoms with Crippen LogP contribution in [0.2, 0.25) is 0 Å². The fourth-order valence-electron chi connectivity index (χ4n) is 2.21. The number of aliphatic carboxylic acids is 1. The van der Waals surface area contributed by atoms with Gasteiger partial charge in [-0.2, -0.15) is 0 Å². The van der Waals surface area contributed by atoms with Gasteiger partial charge in [-0.25, -0.2) is 0 Å². The van der Waals surface area contributed by atoms with Gasteiger partial charge in [0.1, 0.15) is 18.0 Å². The van der Waals surface area contributed by atoms with Gasteiger partial charge in [0.15, 0.2) is 0 Å². The number of aliphatic hydroxyl groups is 3.